The van der Waals surface area contributed by atoms with Crippen LogP contribution in [0.4, 0.5) is 0 Å². The Kier molecular flexibility index (Phi) is 5.03. The van der Waals surface area contributed by atoms with Crippen LogP contribution in [0, 0.1) is 6.92 Å². The lowest BCUT2D eigenvalue weighted by Crippen LogP contribution is -2.30. The molecule has 0 aliphatic carbocycles. The minimum Gasteiger partial charge on any atom is -0.497 e. The summed E-state index contributed by atoms with van der Waals surface area (Å²) in [4.78, 5) is 15.0. The normalized spacial score (nSPS) is 11.2. The number of amides is 1. The van der Waals surface area contributed by atoms with Crippen molar-refractivity contribution in [1.29, 1.82) is 0 Å². The van der Waals surface area contributed by atoms with E-state index in [1.54, 1.807) is 28.7 Å². The molecular formula is C24H21N5O3. The van der Waals surface area contributed by atoms with Gasteiger partial charge in [-0.05, 0) is 58.8 Å². The maximum atomic E-state index is 13.3. The molecule has 0 bridgehead atoms. The quantitative estimate of drug-likeness (QED) is 0.407. The van der Waals surface area contributed by atoms with Crippen molar-refractivity contribution in [1.82, 2.24) is 24.9 Å². The fourth-order valence-corrected chi connectivity index (χ4v) is 3.91. The molecule has 8 nitrogen and oxygen atoms in total. The molecule has 8 heteroatoms. The van der Waals surface area contributed by atoms with E-state index in [-0.39, 0.29) is 11.7 Å². The Morgan fingerprint density at radius 1 is 1.09 bits per heavy atom. The number of nitrogens with zero attached hydrogens (tertiary/aromatic N) is 5. The van der Waals surface area contributed by atoms with E-state index in [9.17, 15) is 4.79 Å². The molecule has 0 saturated heterocycles. The van der Waals surface area contributed by atoms with Crippen molar-refractivity contribution >= 4 is 22.5 Å². The molecule has 3 heterocycles. The van der Waals surface area contributed by atoms with Gasteiger partial charge in [0.1, 0.15) is 5.75 Å². The Morgan fingerprint density at radius 3 is 2.69 bits per heavy atom. The minimum absolute atomic E-state index is 0.208. The van der Waals surface area contributed by atoms with Gasteiger partial charge in [-0.15, -0.1) is 5.10 Å². The van der Waals surface area contributed by atoms with E-state index in [0.717, 1.165) is 33.3 Å². The predicted octanol–water partition coefficient (Wildman–Crippen LogP) is 4.03. The molecule has 3 aromatic heterocycles. The molecule has 0 saturated carbocycles. The number of pyridine rings is 1. The van der Waals surface area contributed by atoms with Crippen LogP contribution in [-0.2, 0) is 13.1 Å². The van der Waals surface area contributed by atoms with Crippen LogP contribution in [0.25, 0.3) is 16.6 Å². The summed E-state index contributed by atoms with van der Waals surface area (Å²) in [7, 11) is 1.63. The molecule has 0 aliphatic rings. The number of rotatable bonds is 6. The zero-order chi connectivity index (χ0) is 22.1. The molecule has 0 atom stereocenters. The summed E-state index contributed by atoms with van der Waals surface area (Å²) in [6, 6.07) is 19.1. The van der Waals surface area contributed by atoms with Crippen LogP contribution in [0.15, 0.2) is 71.3 Å². The van der Waals surface area contributed by atoms with E-state index in [2.05, 4.69) is 15.5 Å². The lowest BCUT2D eigenvalue weighted by Gasteiger charge is -2.22. The van der Waals surface area contributed by atoms with Crippen LogP contribution in [0.1, 0.15) is 27.2 Å². The smallest absolute Gasteiger partial charge is 0.290 e. The summed E-state index contributed by atoms with van der Waals surface area (Å²) in [5.41, 5.74) is 4.47. The lowest BCUT2D eigenvalue weighted by atomic mass is 10.1. The Hall–Kier alpha value is -4.20. The van der Waals surface area contributed by atoms with Crippen LogP contribution in [-0.4, -0.2) is 38.0 Å². The van der Waals surface area contributed by atoms with Crippen LogP contribution in [0.3, 0.4) is 0 Å². The first-order valence-electron chi connectivity index (χ1n) is 10.2. The second kappa shape index (κ2) is 8.14. The van der Waals surface area contributed by atoms with E-state index >= 15 is 0 Å². The standard InChI is InChI=1S/C24H21N5O3/c1-16-5-3-6-18-13-19(23-25-26-27-29(23)22(16)18)15-28(24(30)21-7-4-12-32-21)14-17-8-10-20(31-2)11-9-17/h3-13H,14-15H2,1-2H3. The molecule has 0 spiro atoms. The van der Waals surface area contributed by atoms with Gasteiger partial charge in [0, 0.05) is 17.5 Å². The molecule has 0 N–H and O–H groups in total. The molecule has 0 radical (unpaired) electrons. The zero-order valence-corrected chi connectivity index (χ0v) is 17.7. The largest absolute Gasteiger partial charge is 0.497 e. The topological polar surface area (TPSA) is 85.8 Å². The summed E-state index contributed by atoms with van der Waals surface area (Å²) in [5.74, 6) is 0.838. The molecule has 32 heavy (non-hydrogen) atoms. The maximum absolute atomic E-state index is 13.3. The average molecular weight is 427 g/mol. The number of hydrogen-bond donors (Lipinski definition) is 0. The fourth-order valence-electron chi connectivity index (χ4n) is 3.91. The van der Waals surface area contributed by atoms with E-state index in [1.165, 1.54) is 6.26 Å². The van der Waals surface area contributed by atoms with Crippen molar-refractivity contribution < 1.29 is 13.9 Å². The second-order valence-corrected chi connectivity index (χ2v) is 7.58. The summed E-state index contributed by atoms with van der Waals surface area (Å²) < 4.78 is 12.4. The van der Waals surface area contributed by atoms with Gasteiger partial charge in [-0.3, -0.25) is 4.79 Å². The molecule has 5 aromatic rings. The Labute approximate surface area is 184 Å². The highest BCUT2D eigenvalue weighted by molar-refractivity contribution is 5.92. The number of hydrogen-bond acceptors (Lipinski definition) is 6. The monoisotopic (exact) mass is 427 g/mol. The number of tetrazole rings is 1. The molecule has 2 aromatic carbocycles. The first kappa shape index (κ1) is 19.7. The summed E-state index contributed by atoms with van der Waals surface area (Å²) in [5, 5.41) is 13.3. The number of para-hydroxylation sites is 1. The summed E-state index contributed by atoms with van der Waals surface area (Å²) in [6.45, 7) is 2.74. The first-order valence-corrected chi connectivity index (χ1v) is 10.2. The number of ether oxygens (including phenoxy) is 1. The number of aryl methyl sites for hydroxylation is 1. The van der Waals surface area contributed by atoms with Gasteiger partial charge in [-0.1, -0.05) is 30.3 Å². The number of carbonyl (C=O) groups excluding carboxylic acids is 1. The number of fused-ring (bicyclic) bond motifs is 3. The van der Waals surface area contributed by atoms with Crippen molar-refractivity contribution in [2.45, 2.75) is 20.0 Å². The molecular weight excluding hydrogens is 406 g/mol. The predicted molar refractivity (Wildman–Crippen MR) is 118 cm³/mol. The number of carbonyl (C=O) groups is 1. The van der Waals surface area contributed by atoms with Gasteiger partial charge in [-0.25, -0.2) is 0 Å². The summed E-state index contributed by atoms with van der Waals surface area (Å²) >= 11 is 0. The second-order valence-electron chi connectivity index (χ2n) is 7.58. The van der Waals surface area contributed by atoms with Crippen molar-refractivity contribution in [2.75, 3.05) is 7.11 Å². The zero-order valence-electron chi connectivity index (χ0n) is 17.7. The highest BCUT2D eigenvalue weighted by atomic mass is 16.5. The van der Waals surface area contributed by atoms with E-state index in [1.807, 2.05) is 55.5 Å². The van der Waals surface area contributed by atoms with Gasteiger partial charge < -0.3 is 14.1 Å². The van der Waals surface area contributed by atoms with Gasteiger partial charge in [0.05, 0.1) is 25.4 Å². The van der Waals surface area contributed by atoms with Crippen molar-refractivity contribution in [2.24, 2.45) is 0 Å². The highest BCUT2D eigenvalue weighted by Crippen LogP contribution is 2.24. The number of methoxy groups -OCH3 is 1. The minimum atomic E-state index is -0.208. The third kappa shape index (κ3) is 3.56. The molecule has 0 aliphatic heterocycles. The third-order valence-corrected chi connectivity index (χ3v) is 5.48. The van der Waals surface area contributed by atoms with Crippen molar-refractivity contribution in [3.8, 4) is 5.75 Å². The molecule has 1 amide bonds. The number of aromatic nitrogens is 4. The van der Waals surface area contributed by atoms with Crippen molar-refractivity contribution in [3.63, 3.8) is 0 Å². The van der Waals surface area contributed by atoms with Gasteiger partial charge in [0.2, 0.25) is 0 Å². The van der Waals surface area contributed by atoms with Gasteiger partial charge in [0.25, 0.3) is 5.91 Å². The molecule has 160 valence electrons. The average Bonchev–Trinajstić information content (AvgIpc) is 3.51. The number of benzene rings is 2. The summed E-state index contributed by atoms with van der Waals surface area (Å²) in [6.07, 6.45) is 1.50. The van der Waals surface area contributed by atoms with Crippen LogP contribution >= 0.6 is 0 Å². The Balaban J connectivity index is 1.56. The van der Waals surface area contributed by atoms with Crippen LogP contribution < -0.4 is 4.74 Å². The maximum Gasteiger partial charge on any atom is 0.290 e. The lowest BCUT2D eigenvalue weighted by molar-refractivity contribution is 0.0698. The fraction of sp³-hybridized carbons (Fsp3) is 0.167. The van der Waals surface area contributed by atoms with E-state index < -0.39 is 0 Å². The molecule has 5 rings (SSSR count). The molecule has 0 fully saturated rings. The Bertz CT molecular complexity index is 1390. The van der Waals surface area contributed by atoms with Gasteiger partial charge in [0.15, 0.2) is 11.4 Å². The number of furan rings is 1. The van der Waals surface area contributed by atoms with Crippen molar-refractivity contribution in [3.05, 3.63) is 89.4 Å². The van der Waals surface area contributed by atoms with E-state index in [4.69, 9.17) is 9.15 Å². The first-order chi connectivity index (χ1) is 15.6. The third-order valence-electron chi connectivity index (χ3n) is 5.48. The highest BCUT2D eigenvalue weighted by Gasteiger charge is 2.22. The van der Waals surface area contributed by atoms with E-state index in [0.29, 0.717) is 18.7 Å². The van der Waals surface area contributed by atoms with Gasteiger partial charge >= 0.3 is 0 Å². The molecule has 0 unspecified atom stereocenters. The van der Waals surface area contributed by atoms with Gasteiger partial charge in [-0.2, -0.15) is 4.52 Å². The van der Waals surface area contributed by atoms with Crippen LogP contribution in [0.2, 0.25) is 0 Å². The SMILES string of the molecule is COc1ccc(CN(Cc2cc3cccc(C)c3n3nnnc23)C(=O)c2ccco2)cc1. The van der Waals surface area contributed by atoms with Crippen LogP contribution in [0.5, 0.6) is 5.75 Å². The Morgan fingerprint density at radius 2 is 1.94 bits per heavy atom.